The van der Waals surface area contributed by atoms with Crippen LogP contribution < -0.4 is 5.32 Å². The van der Waals surface area contributed by atoms with Crippen LogP contribution >= 0.6 is 0 Å². The zero-order valence-electron chi connectivity index (χ0n) is 7.53. The van der Waals surface area contributed by atoms with Crippen LogP contribution in [-0.4, -0.2) is 43.8 Å². The third-order valence-corrected chi connectivity index (χ3v) is 2.41. The average molecular weight is 197 g/mol. The molecule has 0 unspecified atom stereocenters. The maximum absolute atomic E-state index is 11.3. The van der Waals surface area contributed by atoms with Crippen molar-refractivity contribution in [2.24, 2.45) is 0 Å². The van der Waals surface area contributed by atoms with Crippen LogP contribution in [-0.2, 0) is 0 Å². The number of hydrogen-bond donors (Lipinski definition) is 3. The Morgan fingerprint density at radius 1 is 1.64 bits per heavy atom. The molecule has 0 radical (unpaired) electrons. The van der Waals surface area contributed by atoms with Gasteiger partial charge in [0.05, 0.1) is 5.60 Å². The third-order valence-electron chi connectivity index (χ3n) is 2.41. The topological polar surface area (TPSA) is 104 Å². The minimum atomic E-state index is -0.723. The van der Waals surface area contributed by atoms with E-state index in [-0.39, 0.29) is 12.4 Å². The maximum atomic E-state index is 11.3. The van der Waals surface area contributed by atoms with Gasteiger partial charge in [-0.05, 0) is 24.5 Å². The molecular weight excluding hydrogens is 186 g/mol. The second-order valence-electron chi connectivity index (χ2n) is 3.50. The van der Waals surface area contributed by atoms with Crippen LogP contribution in [0.2, 0.25) is 0 Å². The molecule has 1 aliphatic carbocycles. The van der Waals surface area contributed by atoms with Gasteiger partial charge in [-0.25, -0.2) is 0 Å². The van der Waals surface area contributed by atoms with E-state index in [2.05, 4.69) is 25.9 Å². The van der Waals surface area contributed by atoms with Crippen molar-refractivity contribution in [1.29, 1.82) is 0 Å². The first-order chi connectivity index (χ1) is 6.70. The third kappa shape index (κ3) is 1.72. The SMILES string of the molecule is O=C(NCC1(O)CCC1)c1nn[nH]n1. The summed E-state index contributed by atoms with van der Waals surface area (Å²) in [6.07, 6.45) is 2.48. The van der Waals surface area contributed by atoms with Crippen LogP contribution in [0.5, 0.6) is 0 Å². The number of carbonyl (C=O) groups is 1. The Morgan fingerprint density at radius 2 is 2.43 bits per heavy atom. The number of carbonyl (C=O) groups excluding carboxylic acids is 1. The number of nitrogens with one attached hydrogen (secondary N) is 2. The van der Waals surface area contributed by atoms with Crippen molar-refractivity contribution in [3.63, 3.8) is 0 Å². The molecule has 1 amide bonds. The highest BCUT2D eigenvalue weighted by Crippen LogP contribution is 2.30. The summed E-state index contributed by atoms with van der Waals surface area (Å²) in [4.78, 5) is 11.3. The van der Waals surface area contributed by atoms with E-state index in [1.807, 2.05) is 0 Å². The van der Waals surface area contributed by atoms with E-state index in [1.165, 1.54) is 0 Å². The Hall–Kier alpha value is -1.50. The smallest absolute Gasteiger partial charge is 0.292 e. The molecule has 14 heavy (non-hydrogen) atoms. The molecule has 1 fully saturated rings. The number of aromatic amines is 1. The number of hydrogen-bond acceptors (Lipinski definition) is 5. The van der Waals surface area contributed by atoms with Gasteiger partial charge in [-0.2, -0.15) is 5.21 Å². The molecule has 7 heteroatoms. The molecule has 0 bridgehead atoms. The number of nitrogens with zero attached hydrogens (tertiary/aromatic N) is 3. The highest BCUT2D eigenvalue weighted by atomic mass is 16.3. The Labute approximate surface area is 79.9 Å². The van der Waals surface area contributed by atoms with Crippen molar-refractivity contribution in [3.05, 3.63) is 5.82 Å². The molecule has 1 aliphatic rings. The van der Waals surface area contributed by atoms with Gasteiger partial charge in [0.15, 0.2) is 0 Å². The van der Waals surface area contributed by atoms with E-state index in [0.717, 1.165) is 19.3 Å². The van der Waals surface area contributed by atoms with Gasteiger partial charge >= 0.3 is 0 Å². The van der Waals surface area contributed by atoms with Crippen LogP contribution in [0.3, 0.4) is 0 Å². The van der Waals surface area contributed by atoms with Crippen LogP contribution in [0.4, 0.5) is 0 Å². The molecule has 0 aliphatic heterocycles. The van der Waals surface area contributed by atoms with Crippen LogP contribution in [0, 0.1) is 0 Å². The fraction of sp³-hybridized carbons (Fsp3) is 0.714. The molecule has 0 atom stereocenters. The van der Waals surface area contributed by atoms with E-state index in [0.29, 0.717) is 0 Å². The Kier molecular flexibility index (Phi) is 2.16. The molecule has 0 spiro atoms. The molecule has 1 saturated carbocycles. The van der Waals surface area contributed by atoms with E-state index in [4.69, 9.17) is 0 Å². The van der Waals surface area contributed by atoms with Crippen LogP contribution in [0.1, 0.15) is 29.9 Å². The molecule has 0 saturated heterocycles. The van der Waals surface area contributed by atoms with Gasteiger partial charge in [0.25, 0.3) is 11.7 Å². The minimum absolute atomic E-state index is 0.00655. The largest absolute Gasteiger partial charge is 0.388 e. The fourth-order valence-corrected chi connectivity index (χ4v) is 1.34. The molecule has 76 valence electrons. The standard InChI is InChI=1S/C7H11N5O2/c13-6(5-9-11-12-10-5)8-4-7(14)2-1-3-7/h14H,1-4H2,(H,8,13)(H,9,10,11,12). The Bertz CT molecular complexity index is 319. The van der Waals surface area contributed by atoms with E-state index in [1.54, 1.807) is 0 Å². The number of rotatable bonds is 3. The monoisotopic (exact) mass is 197 g/mol. The van der Waals surface area contributed by atoms with Gasteiger partial charge in [0.2, 0.25) is 0 Å². The second kappa shape index (κ2) is 3.33. The van der Waals surface area contributed by atoms with Crippen molar-refractivity contribution in [3.8, 4) is 0 Å². The molecule has 0 aromatic carbocycles. The zero-order valence-corrected chi connectivity index (χ0v) is 7.53. The predicted octanol–water partition coefficient (Wildman–Crippen LogP) is -1.16. The molecule has 7 nitrogen and oxygen atoms in total. The molecule has 2 rings (SSSR count). The Morgan fingerprint density at radius 3 is 2.93 bits per heavy atom. The number of aromatic nitrogens is 4. The van der Waals surface area contributed by atoms with Crippen molar-refractivity contribution in [2.75, 3.05) is 6.54 Å². The first-order valence-corrected chi connectivity index (χ1v) is 4.44. The van der Waals surface area contributed by atoms with Crippen molar-refractivity contribution >= 4 is 5.91 Å². The van der Waals surface area contributed by atoms with Crippen molar-refractivity contribution < 1.29 is 9.90 Å². The summed E-state index contributed by atoms with van der Waals surface area (Å²) < 4.78 is 0. The summed E-state index contributed by atoms with van der Waals surface area (Å²) in [7, 11) is 0. The van der Waals surface area contributed by atoms with Crippen molar-refractivity contribution in [1.82, 2.24) is 25.9 Å². The van der Waals surface area contributed by atoms with E-state index < -0.39 is 11.5 Å². The highest BCUT2D eigenvalue weighted by molar-refractivity contribution is 5.90. The number of tetrazole rings is 1. The van der Waals surface area contributed by atoms with Gasteiger partial charge in [0, 0.05) is 6.54 Å². The average Bonchev–Trinajstić information content (AvgIpc) is 2.63. The first-order valence-electron chi connectivity index (χ1n) is 4.44. The summed E-state index contributed by atoms with van der Waals surface area (Å²) in [5.41, 5.74) is -0.723. The highest BCUT2D eigenvalue weighted by Gasteiger charge is 2.34. The fourth-order valence-electron chi connectivity index (χ4n) is 1.34. The van der Waals surface area contributed by atoms with E-state index in [9.17, 15) is 9.90 Å². The van der Waals surface area contributed by atoms with Crippen LogP contribution in [0.15, 0.2) is 0 Å². The van der Waals surface area contributed by atoms with Gasteiger partial charge in [-0.1, -0.05) is 0 Å². The predicted molar refractivity (Wildman–Crippen MR) is 45.3 cm³/mol. The summed E-state index contributed by atoms with van der Waals surface area (Å²) >= 11 is 0. The molecule has 1 aromatic heterocycles. The zero-order chi connectivity index (χ0) is 10.0. The normalized spacial score (nSPS) is 18.6. The van der Waals surface area contributed by atoms with Gasteiger partial charge in [0.1, 0.15) is 0 Å². The molecule has 1 heterocycles. The quantitative estimate of drug-likeness (QED) is 0.567. The lowest BCUT2D eigenvalue weighted by Gasteiger charge is -2.36. The minimum Gasteiger partial charge on any atom is -0.388 e. The first kappa shape index (κ1) is 9.07. The van der Waals surface area contributed by atoms with E-state index >= 15 is 0 Å². The molecule has 3 N–H and O–H groups in total. The second-order valence-corrected chi connectivity index (χ2v) is 3.50. The summed E-state index contributed by atoms with van der Waals surface area (Å²) in [6, 6.07) is 0. The number of amides is 1. The lowest BCUT2D eigenvalue weighted by Crippen LogP contribution is -2.47. The Balaban J connectivity index is 1.84. The number of H-pyrrole nitrogens is 1. The summed E-state index contributed by atoms with van der Waals surface area (Å²) in [6.45, 7) is 0.250. The molecule has 1 aromatic rings. The van der Waals surface area contributed by atoms with Gasteiger partial charge < -0.3 is 10.4 Å². The van der Waals surface area contributed by atoms with Crippen LogP contribution in [0.25, 0.3) is 0 Å². The maximum Gasteiger partial charge on any atom is 0.292 e. The summed E-state index contributed by atoms with van der Waals surface area (Å²) in [5, 5.41) is 24.7. The van der Waals surface area contributed by atoms with Gasteiger partial charge in [-0.15, -0.1) is 10.2 Å². The lowest BCUT2D eigenvalue weighted by molar-refractivity contribution is -0.0301. The van der Waals surface area contributed by atoms with Gasteiger partial charge in [-0.3, -0.25) is 4.79 Å². The number of aliphatic hydroxyl groups is 1. The van der Waals surface area contributed by atoms with Crippen molar-refractivity contribution in [2.45, 2.75) is 24.9 Å². The summed E-state index contributed by atoms with van der Waals surface area (Å²) in [5.74, 6) is -0.424. The molecular formula is C7H11N5O2. The lowest BCUT2D eigenvalue weighted by atomic mass is 9.80.